The average molecular weight is 732 g/mol. The number of carbonyl (C=O) groups excluding carboxylic acids is 5. The fourth-order valence-corrected chi connectivity index (χ4v) is 5.86. The number of aromatic hydroxyl groups is 1. The molecule has 0 fully saturated rings. The van der Waals surface area contributed by atoms with E-state index >= 15 is 0 Å². The van der Waals surface area contributed by atoms with Crippen LogP contribution in [0.3, 0.4) is 0 Å². The average Bonchev–Trinajstić information content (AvgIpc) is 3.42. The number of amides is 5. The van der Waals surface area contributed by atoms with Crippen molar-refractivity contribution in [1.82, 2.24) is 21.3 Å². The highest BCUT2D eigenvalue weighted by Gasteiger charge is 2.37. The molecule has 0 heterocycles. The minimum atomic E-state index is -1.79. The Morgan fingerprint density at radius 1 is 0.774 bits per heavy atom. The quantitative estimate of drug-likeness (QED) is 0.0987. The van der Waals surface area contributed by atoms with Crippen molar-refractivity contribution in [2.24, 2.45) is 5.73 Å². The molecule has 5 amide bonds. The maximum atomic E-state index is 13.7. The van der Waals surface area contributed by atoms with Crippen LogP contribution in [0.15, 0.2) is 72.8 Å². The molecule has 0 unspecified atom stereocenters. The summed E-state index contributed by atoms with van der Waals surface area (Å²) in [6, 6.07) is 16.4. The number of rotatable bonds is 17. The number of phenols is 1. The molecule has 1 aliphatic carbocycles. The first-order valence-corrected chi connectivity index (χ1v) is 16.6. The molecule has 280 valence electrons. The highest BCUT2D eigenvalue weighted by molar-refractivity contribution is 5.97. The summed E-state index contributed by atoms with van der Waals surface area (Å²) >= 11 is 0. The predicted octanol–water partition coefficient (Wildman–Crippen LogP) is 1.53. The van der Waals surface area contributed by atoms with Crippen LogP contribution in [-0.4, -0.2) is 87.3 Å². The van der Waals surface area contributed by atoms with E-state index in [0.717, 1.165) is 22.3 Å². The van der Waals surface area contributed by atoms with Gasteiger partial charge >= 0.3 is 18.0 Å². The summed E-state index contributed by atoms with van der Waals surface area (Å²) in [5, 5.41) is 38.0. The predicted molar refractivity (Wildman–Crippen MR) is 188 cm³/mol. The molecular formula is C37H41N5O11. The van der Waals surface area contributed by atoms with E-state index in [1.54, 1.807) is 0 Å². The van der Waals surface area contributed by atoms with Gasteiger partial charge in [-0.2, -0.15) is 0 Å². The number of carbonyl (C=O) groups is 7. The number of benzene rings is 3. The van der Waals surface area contributed by atoms with Gasteiger partial charge in [-0.05, 0) is 60.2 Å². The second kappa shape index (κ2) is 17.2. The fraction of sp³-hybridized carbons (Fsp3) is 0.324. The van der Waals surface area contributed by atoms with E-state index in [-0.39, 0.29) is 31.1 Å². The fourth-order valence-electron chi connectivity index (χ4n) is 5.86. The molecule has 4 rings (SSSR count). The zero-order chi connectivity index (χ0) is 38.9. The highest BCUT2D eigenvalue weighted by atomic mass is 16.5. The Kier molecular flexibility index (Phi) is 12.7. The van der Waals surface area contributed by atoms with Crippen LogP contribution in [-0.2, 0) is 39.9 Å². The number of nitrogens with one attached hydrogen (secondary N) is 4. The Labute approximate surface area is 304 Å². The first-order valence-electron chi connectivity index (χ1n) is 16.6. The maximum absolute atomic E-state index is 13.7. The minimum Gasteiger partial charge on any atom is -0.508 e. The molecule has 3 aromatic rings. The van der Waals surface area contributed by atoms with E-state index in [0.29, 0.717) is 5.56 Å². The van der Waals surface area contributed by atoms with E-state index < -0.39 is 78.2 Å². The number of phenolic OH excluding ortho intramolecular Hbond substituents is 1. The molecule has 53 heavy (non-hydrogen) atoms. The molecule has 16 nitrogen and oxygen atoms in total. The molecule has 16 heteroatoms. The number of primary amides is 1. The molecule has 0 aromatic heterocycles. The van der Waals surface area contributed by atoms with Gasteiger partial charge in [-0.1, -0.05) is 60.7 Å². The number of carboxylic acid groups (broad SMARTS) is 2. The van der Waals surface area contributed by atoms with E-state index in [4.69, 9.17) is 10.5 Å². The van der Waals surface area contributed by atoms with E-state index in [2.05, 4.69) is 21.3 Å². The van der Waals surface area contributed by atoms with Crippen molar-refractivity contribution in [2.75, 3.05) is 6.61 Å². The van der Waals surface area contributed by atoms with E-state index in [9.17, 15) is 48.9 Å². The number of aliphatic carboxylic acids is 2. The lowest BCUT2D eigenvalue weighted by atomic mass is 9.98. The van der Waals surface area contributed by atoms with Crippen molar-refractivity contribution in [3.05, 3.63) is 89.5 Å². The summed E-state index contributed by atoms with van der Waals surface area (Å²) in [5.41, 5.74) is 7.67. The largest absolute Gasteiger partial charge is 0.508 e. The molecule has 0 saturated carbocycles. The van der Waals surface area contributed by atoms with Gasteiger partial charge in [-0.25, -0.2) is 9.59 Å². The van der Waals surface area contributed by atoms with Gasteiger partial charge in [0, 0.05) is 18.8 Å². The maximum Gasteiger partial charge on any atom is 0.407 e. The Morgan fingerprint density at radius 3 is 1.91 bits per heavy atom. The van der Waals surface area contributed by atoms with Crippen LogP contribution in [0.25, 0.3) is 11.1 Å². The molecule has 0 spiro atoms. The summed E-state index contributed by atoms with van der Waals surface area (Å²) in [4.78, 5) is 87.9. The third kappa shape index (κ3) is 10.5. The molecule has 0 radical (unpaired) electrons. The van der Waals surface area contributed by atoms with Crippen molar-refractivity contribution in [3.63, 3.8) is 0 Å². The normalized spacial score (nSPS) is 13.6. The van der Waals surface area contributed by atoms with Gasteiger partial charge in [0.15, 0.2) is 0 Å². The molecular weight excluding hydrogens is 690 g/mol. The van der Waals surface area contributed by atoms with Gasteiger partial charge in [-0.15, -0.1) is 0 Å². The number of ether oxygens (including phenoxy) is 1. The number of nitrogens with two attached hydrogens (primary N) is 1. The van der Waals surface area contributed by atoms with Crippen LogP contribution < -0.4 is 27.0 Å². The van der Waals surface area contributed by atoms with Crippen LogP contribution in [0.1, 0.15) is 55.7 Å². The van der Waals surface area contributed by atoms with E-state index in [1.807, 2.05) is 48.5 Å². The van der Waals surface area contributed by atoms with Crippen molar-refractivity contribution in [2.45, 2.75) is 69.1 Å². The SMILES string of the molecule is CC(C)(NC(=O)[C@H](Cc1ccc(O)cc1)NC(=O)[C@H](CCC(=O)O)NC(=O)OCC1c2ccccc2-c2ccccc21)C(=O)N[C@@H](CC(N)=O)C(=O)O. The van der Waals surface area contributed by atoms with Crippen LogP contribution in [0, 0.1) is 0 Å². The molecule has 1 aliphatic rings. The number of hydrogen-bond acceptors (Lipinski definition) is 9. The molecule has 0 bridgehead atoms. The van der Waals surface area contributed by atoms with Crippen molar-refractivity contribution < 1.29 is 53.6 Å². The second-order valence-corrected chi connectivity index (χ2v) is 13.0. The van der Waals surface area contributed by atoms with Gasteiger partial charge in [0.05, 0.1) is 6.42 Å². The van der Waals surface area contributed by atoms with Crippen LogP contribution in [0.2, 0.25) is 0 Å². The zero-order valence-corrected chi connectivity index (χ0v) is 29.0. The summed E-state index contributed by atoms with van der Waals surface area (Å²) in [6.07, 6.45) is -2.80. The lowest BCUT2D eigenvalue weighted by Crippen LogP contribution is -2.62. The Bertz CT molecular complexity index is 1830. The minimum absolute atomic E-state index is 0.0680. The third-order valence-electron chi connectivity index (χ3n) is 8.62. The van der Waals surface area contributed by atoms with Gasteiger partial charge in [0.2, 0.25) is 23.6 Å². The zero-order valence-electron chi connectivity index (χ0n) is 29.0. The summed E-state index contributed by atoms with van der Waals surface area (Å²) in [7, 11) is 0. The van der Waals surface area contributed by atoms with Gasteiger partial charge in [0.25, 0.3) is 0 Å². The molecule has 0 saturated heterocycles. The van der Waals surface area contributed by atoms with Crippen LogP contribution in [0.5, 0.6) is 5.75 Å². The van der Waals surface area contributed by atoms with Gasteiger partial charge < -0.3 is 47.1 Å². The highest BCUT2D eigenvalue weighted by Crippen LogP contribution is 2.44. The van der Waals surface area contributed by atoms with Crippen LogP contribution >= 0.6 is 0 Å². The van der Waals surface area contributed by atoms with Crippen LogP contribution in [0.4, 0.5) is 4.79 Å². The Morgan fingerprint density at radius 2 is 1.36 bits per heavy atom. The molecule has 0 aliphatic heterocycles. The van der Waals surface area contributed by atoms with E-state index in [1.165, 1.54) is 38.1 Å². The van der Waals surface area contributed by atoms with Crippen molar-refractivity contribution >= 4 is 41.7 Å². The standard InChI is InChI=1S/C37H41N5O11/c1-37(2,35(51)40-29(34(49)50)18-30(38)44)42-33(48)28(17-20-11-13-21(43)14-12-20)39-32(47)27(15-16-31(45)46)41-36(52)53-19-26-24-9-5-3-7-22(24)23-8-4-6-10-25(23)26/h3-14,26-29,43H,15-19H2,1-2H3,(H2,38,44)(H,39,47)(H,40,51)(H,41,52)(H,42,48)(H,45,46)(H,49,50)/t27-,28-,29-/m0/s1. The molecule has 3 atom stereocenters. The number of carboxylic acids is 2. The smallest absolute Gasteiger partial charge is 0.407 e. The Hall–Kier alpha value is -6.45. The number of alkyl carbamates (subject to hydrolysis) is 1. The first-order chi connectivity index (χ1) is 25.0. The third-order valence-corrected chi connectivity index (χ3v) is 8.62. The van der Waals surface area contributed by atoms with Crippen molar-refractivity contribution in [3.8, 4) is 16.9 Å². The lowest BCUT2D eigenvalue weighted by Gasteiger charge is -2.30. The van der Waals surface area contributed by atoms with Crippen molar-refractivity contribution in [1.29, 1.82) is 0 Å². The number of fused-ring (bicyclic) bond motifs is 3. The number of hydrogen-bond donors (Lipinski definition) is 8. The molecule has 3 aromatic carbocycles. The topological polar surface area (TPSA) is 264 Å². The summed E-state index contributed by atoms with van der Waals surface area (Å²) in [5.74, 6) is -6.96. The first kappa shape index (κ1) is 39.3. The Balaban J connectivity index is 1.50. The van der Waals surface area contributed by atoms with Gasteiger partial charge in [-0.3, -0.25) is 24.0 Å². The second-order valence-electron chi connectivity index (χ2n) is 13.0. The molecule has 9 N–H and O–H groups in total. The summed E-state index contributed by atoms with van der Waals surface area (Å²) in [6.45, 7) is 2.44. The van der Waals surface area contributed by atoms with Gasteiger partial charge in [0.1, 0.15) is 36.0 Å². The monoisotopic (exact) mass is 731 g/mol. The lowest BCUT2D eigenvalue weighted by molar-refractivity contribution is -0.144. The summed E-state index contributed by atoms with van der Waals surface area (Å²) < 4.78 is 5.56.